The molecule has 1 atom stereocenters. The molecule has 0 bridgehead atoms. The van der Waals surface area contributed by atoms with E-state index in [1.807, 2.05) is 6.92 Å². The Morgan fingerprint density at radius 2 is 0.970 bits per heavy atom. The summed E-state index contributed by atoms with van der Waals surface area (Å²) in [7, 11) is 2.17. The molecule has 1 unspecified atom stereocenters. The third kappa shape index (κ3) is 112. The van der Waals surface area contributed by atoms with E-state index in [2.05, 4.69) is 81.2 Å². The minimum absolute atomic E-state index is 0. The molecule has 0 aromatic carbocycles. The molecule has 0 aliphatic carbocycles. The van der Waals surface area contributed by atoms with Crippen molar-refractivity contribution in [3.05, 3.63) is 0 Å². The fourth-order valence-electron chi connectivity index (χ4n) is 2.43. The maximum absolute atomic E-state index is 5.58. The van der Waals surface area contributed by atoms with Gasteiger partial charge in [-0.05, 0) is 57.7 Å². The summed E-state index contributed by atoms with van der Waals surface area (Å²) in [5.74, 6) is 0.904. The molecule has 0 aromatic rings. The second-order valence-corrected chi connectivity index (χ2v) is 11.2. The van der Waals surface area contributed by atoms with E-state index < -0.39 is 0 Å². The minimum Gasteiger partial charge on any atom is -0.306 e. The molecular weight excluding hydrogens is 422 g/mol. The summed E-state index contributed by atoms with van der Waals surface area (Å²) in [6.45, 7) is 26.7. The van der Waals surface area contributed by atoms with Crippen molar-refractivity contribution in [1.82, 2.24) is 4.90 Å². The Labute approximate surface area is 223 Å². The van der Waals surface area contributed by atoms with Crippen LogP contribution in [0.1, 0.15) is 170 Å². The molecule has 0 amide bonds. The maximum atomic E-state index is 5.58. The van der Waals surface area contributed by atoms with Gasteiger partial charge in [-0.3, -0.25) is 0 Å². The predicted octanol–water partition coefficient (Wildman–Crippen LogP) is 12.8. The molecular formula is C31H78ClN. The van der Waals surface area contributed by atoms with Gasteiger partial charge in [-0.1, -0.05) is 144 Å². The van der Waals surface area contributed by atoms with Crippen LogP contribution in [0.15, 0.2) is 0 Å². The fourth-order valence-corrected chi connectivity index (χ4v) is 2.65. The monoisotopic (exact) mass is 500 g/mol. The quantitative estimate of drug-likeness (QED) is 0.190. The van der Waals surface area contributed by atoms with Crippen molar-refractivity contribution in [3.63, 3.8) is 0 Å². The van der Waals surface area contributed by atoms with Crippen LogP contribution in [0.3, 0.4) is 0 Å². The van der Waals surface area contributed by atoms with Crippen LogP contribution in [-0.4, -0.2) is 30.4 Å². The fraction of sp³-hybridized carbons (Fsp3) is 1.00. The van der Waals surface area contributed by atoms with E-state index in [-0.39, 0.29) is 29.7 Å². The normalized spacial score (nSPS) is 10.3. The van der Waals surface area contributed by atoms with Crippen molar-refractivity contribution < 1.29 is 0 Å². The number of unbranched alkanes of at least 4 members (excludes halogenated alkanes) is 4. The molecule has 0 aromatic heterocycles. The number of hydrogen-bond donors (Lipinski definition) is 0. The van der Waals surface area contributed by atoms with E-state index in [0.29, 0.717) is 10.8 Å². The number of halogens is 1. The Bertz CT molecular complexity index is 244. The van der Waals surface area contributed by atoms with Gasteiger partial charge in [0, 0.05) is 5.38 Å². The number of rotatable bonds is 12. The van der Waals surface area contributed by atoms with E-state index in [9.17, 15) is 0 Å². The van der Waals surface area contributed by atoms with Crippen LogP contribution in [0.2, 0.25) is 0 Å². The number of nitrogens with zero attached hydrogens (tertiary/aromatic N) is 1. The van der Waals surface area contributed by atoms with Crippen LogP contribution < -0.4 is 0 Å². The first-order valence-electron chi connectivity index (χ1n) is 12.7. The first-order valence-corrected chi connectivity index (χ1v) is 13.1. The topological polar surface area (TPSA) is 3.24 Å². The van der Waals surface area contributed by atoms with Gasteiger partial charge in [-0.2, -0.15) is 0 Å². The van der Waals surface area contributed by atoms with Crippen molar-refractivity contribution in [1.29, 1.82) is 0 Å². The molecule has 0 aliphatic heterocycles. The third-order valence-corrected chi connectivity index (χ3v) is 4.00. The third-order valence-electron chi connectivity index (χ3n) is 3.78. The average molecular weight is 500 g/mol. The van der Waals surface area contributed by atoms with E-state index in [0.717, 1.165) is 12.3 Å². The highest BCUT2D eigenvalue weighted by atomic mass is 35.5. The van der Waals surface area contributed by atoms with Crippen LogP contribution >= 0.6 is 11.6 Å². The van der Waals surface area contributed by atoms with Crippen molar-refractivity contribution in [2.24, 2.45) is 11.3 Å². The zero-order valence-corrected chi connectivity index (χ0v) is 23.7. The van der Waals surface area contributed by atoms with Crippen molar-refractivity contribution in [3.8, 4) is 0 Å². The lowest BCUT2D eigenvalue weighted by atomic mass is 10.0. The highest BCUT2D eigenvalue weighted by molar-refractivity contribution is 6.20. The number of alkyl halides is 1. The first-order chi connectivity index (χ1) is 13.3. The molecule has 33 heavy (non-hydrogen) atoms. The van der Waals surface area contributed by atoms with E-state index >= 15 is 0 Å². The van der Waals surface area contributed by atoms with Crippen LogP contribution in [-0.2, 0) is 0 Å². The number of hydrogen-bond acceptors (Lipinski definition) is 1. The zero-order valence-electron chi connectivity index (χ0n) is 23.0. The molecule has 214 valence electrons. The summed E-state index contributed by atoms with van der Waals surface area (Å²) in [4.78, 5) is 2.36. The summed E-state index contributed by atoms with van der Waals surface area (Å²) in [6, 6.07) is 0. The second kappa shape index (κ2) is 42.4. The average Bonchev–Trinajstić information content (AvgIpc) is 2.54. The van der Waals surface area contributed by atoms with Crippen LogP contribution in [0, 0.1) is 11.3 Å². The molecule has 0 heterocycles. The lowest BCUT2D eigenvalue weighted by Crippen LogP contribution is -2.19. The van der Waals surface area contributed by atoms with Crippen LogP contribution in [0.25, 0.3) is 0 Å². The van der Waals surface area contributed by atoms with E-state index in [1.54, 1.807) is 0 Å². The van der Waals surface area contributed by atoms with Gasteiger partial charge >= 0.3 is 0 Å². The van der Waals surface area contributed by atoms with E-state index in [4.69, 9.17) is 11.6 Å². The summed E-state index contributed by atoms with van der Waals surface area (Å²) in [5, 5.41) is 0.370. The van der Waals surface area contributed by atoms with Crippen LogP contribution in [0.5, 0.6) is 0 Å². The molecule has 0 radical (unpaired) electrons. The largest absolute Gasteiger partial charge is 0.306 e. The zero-order chi connectivity index (χ0) is 23.7. The smallest absolute Gasteiger partial charge is 0.0307 e. The lowest BCUT2D eigenvalue weighted by Gasteiger charge is -2.12. The predicted molar refractivity (Wildman–Crippen MR) is 169 cm³/mol. The second-order valence-electron chi connectivity index (χ2n) is 10.5. The lowest BCUT2D eigenvalue weighted by molar-refractivity contribution is 0.335. The van der Waals surface area contributed by atoms with Crippen LogP contribution in [0.4, 0.5) is 0 Å². The molecule has 0 aliphatic rings. The molecule has 0 rings (SSSR count). The van der Waals surface area contributed by atoms with Crippen molar-refractivity contribution in [2.75, 3.05) is 20.1 Å². The summed E-state index contributed by atoms with van der Waals surface area (Å²) < 4.78 is 0. The minimum atomic E-state index is 0. The van der Waals surface area contributed by atoms with Crippen molar-refractivity contribution >= 4 is 11.6 Å². The summed E-state index contributed by atoms with van der Waals surface area (Å²) in [5.41, 5.74) is 0.500. The van der Waals surface area contributed by atoms with Gasteiger partial charge in [0.05, 0.1) is 0 Å². The molecule has 0 saturated carbocycles. The maximum Gasteiger partial charge on any atom is 0.0307 e. The van der Waals surface area contributed by atoms with E-state index in [1.165, 1.54) is 70.9 Å². The van der Waals surface area contributed by atoms with Gasteiger partial charge in [-0.15, -0.1) is 11.6 Å². The highest BCUT2D eigenvalue weighted by Gasteiger charge is 1.95. The molecule has 1 nitrogen and oxygen atoms in total. The summed E-state index contributed by atoms with van der Waals surface area (Å²) >= 11 is 5.58. The standard InChI is InChI=1S/C10H22.C7H17N.C5H11Cl.C5H12.4CH4/c1-4-5-6-7-8-9-10(2)3;1-4-6-8(3)7-5-2;1-3-4-5(2)6;1-5(2,3)4;;;;/h10H,4-9H2,1-3H3;4-7H2,1-3H3;5H,3-4H2,1-2H3;1-4H3;4*1H4. The molecule has 0 spiro atoms. The molecule has 0 saturated heterocycles. The van der Waals surface area contributed by atoms with Gasteiger partial charge in [0.25, 0.3) is 0 Å². The molecule has 0 fully saturated rings. The van der Waals surface area contributed by atoms with Gasteiger partial charge in [0.2, 0.25) is 0 Å². The van der Waals surface area contributed by atoms with Crippen molar-refractivity contribution in [2.45, 2.75) is 175 Å². The molecule has 0 N–H and O–H groups in total. The SMILES string of the molecule is C.C.C.C.CC(C)(C)C.CCCC(C)Cl.CCCCCCCC(C)C.CCCN(C)CCC. The Morgan fingerprint density at radius 1 is 0.606 bits per heavy atom. The Morgan fingerprint density at radius 3 is 1.18 bits per heavy atom. The molecule has 2 heteroatoms. The Balaban J connectivity index is -0.0000000416. The summed E-state index contributed by atoms with van der Waals surface area (Å²) in [6.07, 6.45) is 13.4. The van der Waals surface area contributed by atoms with Gasteiger partial charge in [-0.25, -0.2) is 0 Å². The van der Waals surface area contributed by atoms with Gasteiger partial charge in [0.1, 0.15) is 0 Å². The van der Waals surface area contributed by atoms with Gasteiger partial charge < -0.3 is 4.90 Å². The Kier molecular flexibility index (Phi) is 69.7. The Hall–Kier alpha value is 0.250. The first kappa shape index (κ1) is 54.2. The van der Waals surface area contributed by atoms with Gasteiger partial charge in [0.15, 0.2) is 0 Å². The highest BCUT2D eigenvalue weighted by Crippen LogP contribution is 2.10.